The zero-order valence-electron chi connectivity index (χ0n) is 11.7. The van der Waals surface area contributed by atoms with Gasteiger partial charge in [0.15, 0.2) is 0 Å². The molecule has 0 spiro atoms. The third kappa shape index (κ3) is 2.59. The molecule has 0 amide bonds. The van der Waals surface area contributed by atoms with E-state index in [-0.39, 0.29) is 17.9 Å². The minimum Gasteiger partial charge on any atom is -0.481 e. The Kier molecular flexibility index (Phi) is 3.30. The number of hydrogen-bond acceptors (Lipinski definition) is 3. The van der Waals surface area contributed by atoms with Gasteiger partial charge in [-0.2, -0.15) is 0 Å². The highest BCUT2D eigenvalue weighted by Gasteiger charge is 2.30. The van der Waals surface area contributed by atoms with Crippen LogP contribution in [0.2, 0.25) is 0 Å². The van der Waals surface area contributed by atoms with Crippen LogP contribution in [-0.2, 0) is 4.79 Å². The summed E-state index contributed by atoms with van der Waals surface area (Å²) in [7, 11) is 0. The molecular formula is C14H19N3O2. The Balaban J connectivity index is 2.62. The van der Waals surface area contributed by atoms with Crippen molar-refractivity contribution >= 4 is 17.0 Å². The van der Waals surface area contributed by atoms with Crippen molar-refractivity contribution in [1.82, 2.24) is 14.5 Å². The van der Waals surface area contributed by atoms with Crippen molar-refractivity contribution in [1.29, 1.82) is 0 Å². The Morgan fingerprint density at radius 1 is 1.47 bits per heavy atom. The van der Waals surface area contributed by atoms with Crippen LogP contribution < -0.4 is 0 Å². The average molecular weight is 261 g/mol. The second-order valence-electron chi connectivity index (χ2n) is 5.87. The van der Waals surface area contributed by atoms with Crippen molar-refractivity contribution in [2.75, 3.05) is 0 Å². The number of imidazole rings is 1. The molecule has 0 aliphatic heterocycles. The third-order valence-electron chi connectivity index (χ3n) is 3.35. The summed E-state index contributed by atoms with van der Waals surface area (Å²) < 4.78 is 2.02. The number of aryl methyl sites for hydroxylation is 1. The van der Waals surface area contributed by atoms with Gasteiger partial charge in [0, 0.05) is 6.20 Å². The quantitative estimate of drug-likeness (QED) is 0.922. The van der Waals surface area contributed by atoms with E-state index in [0.29, 0.717) is 0 Å². The Morgan fingerprint density at radius 2 is 2.16 bits per heavy atom. The van der Waals surface area contributed by atoms with Gasteiger partial charge in [0.2, 0.25) is 0 Å². The van der Waals surface area contributed by atoms with Gasteiger partial charge < -0.3 is 9.67 Å². The highest BCUT2D eigenvalue weighted by atomic mass is 16.4. The molecule has 5 heteroatoms. The molecule has 2 rings (SSSR count). The van der Waals surface area contributed by atoms with Crippen molar-refractivity contribution in [3.05, 3.63) is 24.3 Å². The van der Waals surface area contributed by atoms with Crippen molar-refractivity contribution < 1.29 is 9.90 Å². The molecule has 19 heavy (non-hydrogen) atoms. The van der Waals surface area contributed by atoms with Gasteiger partial charge in [0.05, 0.1) is 24.2 Å². The van der Waals surface area contributed by atoms with Gasteiger partial charge in [-0.25, -0.2) is 4.98 Å². The van der Waals surface area contributed by atoms with E-state index in [0.717, 1.165) is 16.9 Å². The molecule has 2 aromatic heterocycles. The van der Waals surface area contributed by atoms with Gasteiger partial charge >= 0.3 is 5.97 Å². The number of aromatic nitrogens is 3. The molecule has 0 bridgehead atoms. The summed E-state index contributed by atoms with van der Waals surface area (Å²) >= 11 is 0. The molecule has 2 heterocycles. The van der Waals surface area contributed by atoms with E-state index in [1.54, 1.807) is 12.4 Å². The van der Waals surface area contributed by atoms with E-state index in [9.17, 15) is 4.79 Å². The number of nitrogens with zero attached hydrogens (tertiary/aromatic N) is 3. The molecule has 0 saturated carbocycles. The lowest BCUT2D eigenvalue weighted by molar-refractivity contribution is -0.138. The first-order chi connectivity index (χ1) is 8.80. The van der Waals surface area contributed by atoms with E-state index in [1.807, 2.05) is 38.3 Å². The molecule has 0 aliphatic rings. The number of hydrogen-bond donors (Lipinski definition) is 1. The summed E-state index contributed by atoms with van der Waals surface area (Å²) in [4.78, 5) is 19.7. The highest BCUT2D eigenvalue weighted by molar-refractivity contribution is 5.75. The van der Waals surface area contributed by atoms with Crippen LogP contribution in [0.1, 0.15) is 39.1 Å². The standard InChI is InChI=1S/C14H19N3O2/c1-9-16-10-8-15-6-5-11(10)17(9)12(7-13(18)19)14(2,3)4/h5-6,8,12H,7H2,1-4H3,(H,18,19). The summed E-state index contributed by atoms with van der Waals surface area (Å²) in [5.74, 6) is 0.0272. The number of pyridine rings is 1. The van der Waals surface area contributed by atoms with Crippen LogP contribution in [0, 0.1) is 12.3 Å². The lowest BCUT2D eigenvalue weighted by Crippen LogP contribution is -2.27. The summed E-state index contributed by atoms with van der Waals surface area (Å²) in [5.41, 5.74) is 1.58. The molecule has 0 radical (unpaired) electrons. The van der Waals surface area contributed by atoms with Crippen molar-refractivity contribution in [2.45, 2.75) is 40.2 Å². The maximum Gasteiger partial charge on any atom is 0.305 e. The molecule has 0 aromatic carbocycles. The molecule has 1 N–H and O–H groups in total. The minimum atomic E-state index is -0.796. The van der Waals surface area contributed by atoms with E-state index in [1.165, 1.54) is 0 Å². The normalized spacial score (nSPS) is 13.7. The SMILES string of the molecule is Cc1nc2cnccc2n1C(CC(=O)O)C(C)(C)C. The van der Waals surface area contributed by atoms with E-state index in [4.69, 9.17) is 5.11 Å². The topological polar surface area (TPSA) is 68.0 Å². The fraction of sp³-hybridized carbons (Fsp3) is 0.500. The van der Waals surface area contributed by atoms with Gasteiger partial charge in [-0.3, -0.25) is 9.78 Å². The van der Waals surface area contributed by atoms with Gasteiger partial charge in [0.25, 0.3) is 0 Å². The average Bonchev–Trinajstić information content (AvgIpc) is 2.60. The third-order valence-corrected chi connectivity index (χ3v) is 3.35. The Labute approximate surface area is 112 Å². The van der Waals surface area contributed by atoms with Gasteiger partial charge in [-0.15, -0.1) is 0 Å². The first-order valence-electron chi connectivity index (χ1n) is 6.31. The van der Waals surface area contributed by atoms with Crippen LogP contribution in [-0.4, -0.2) is 25.6 Å². The van der Waals surface area contributed by atoms with E-state index >= 15 is 0 Å². The Hall–Kier alpha value is -1.91. The first-order valence-corrected chi connectivity index (χ1v) is 6.31. The molecule has 0 aliphatic carbocycles. The van der Waals surface area contributed by atoms with Gasteiger partial charge in [-0.1, -0.05) is 20.8 Å². The molecule has 102 valence electrons. The monoisotopic (exact) mass is 261 g/mol. The zero-order chi connectivity index (χ0) is 14.2. The van der Waals surface area contributed by atoms with Gasteiger partial charge in [0.1, 0.15) is 11.3 Å². The van der Waals surface area contributed by atoms with Crippen molar-refractivity contribution in [3.63, 3.8) is 0 Å². The van der Waals surface area contributed by atoms with Gasteiger partial charge in [-0.05, 0) is 18.4 Å². The summed E-state index contributed by atoms with van der Waals surface area (Å²) in [6.07, 6.45) is 3.50. The van der Waals surface area contributed by atoms with Crippen molar-refractivity contribution in [2.24, 2.45) is 5.41 Å². The summed E-state index contributed by atoms with van der Waals surface area (Å²) in [5, 5.41) is 9.16. The molecule has 0 fully saturated rings. The van der Waals surface area contributed by atoms with E-state index < -0.39 is 5.97 Å². The number of carbonyl (C=O) groups is 1. The maximum absolute atomic E-state index is 11.2. The predicted octanol–water partition coefficient (Wildman–Crippen LogP) is 2.80. The summed E-state index contributed by atoms with van der Waals surface area (Å²) in [6, 6.07) is 1.74. The number of carboxylic acid groups (broad SMARTS) is 1. The fourth-order valence-corrected chi connectivity index (χ4v) is 2.41. The minimum absolute atomic E-state index is 0.0815. The molecule has 1 unspecified atom stereocenters. The zero-order valence-corrected chi connectivity index (χ0v) is 11.7. The smallest absolute Gasteiger partial charge is 0.305 e. The second-order valence-corrected chi connectivity index (χ2v) is 5.87. The highest BCUT2D eigenvalue weighted by Crippen LogP contribution is 2.36. The molecule has 0 saturated heterocycles. The number of carboxylic acids is 1. The molecule has 2 aromatic rings. The molecular weight excluding hydrogens is 242 g/mol. The predicted molar refractivity (Wildman–Crippen MR) is 73.0 cm³/mol. The number of aliphatic carboxylic acids is 1. The largest absolute Gasteiger partial charge is 0.481 e. The Bertz CT molecular complexity index is 611. The van der Waals surface area contributed by atoms with Crippen LogP contribution in [0.25, 0.3) is 11.0 Å². The Morgan fingerprint density at radius 3 is 2.74 bits per heavy atom. The fourth-order valence-electron chi connectivity index (χ4n) is 2.41. The number of rotatable bonds is 3. The molecule has 1 atom stereocenters. The van der Waals surface area contributed by atoms with E-state index in [2.05, 4.69) is 9.97 Å². The lowest BCUT2D eigenvalue weighted by Gasteiger charge is -2.32. The maximum atomic E-state index is 11.2. The number of fused-ring (bicyclic) bond motifs is 1. The lowest BCUT2D eigenvalue weighted by atomic mass is 9.84. The van der Waals surface area contributed by atoms with Crippen LogP contribution >= 0.6 is 0 Å². The molecule has 5 nitrogen and oxygen atoms in total. The van der Waals surface area contributed by atoms with Crippen molar-refractivity contribution in [3.8, 4) is 0 Å². The summed E-state index contributed by atoms with van der Waals surface area (Å²) in [6.45, 7) is 8.05. The van der Waals surface area contributed by atoms with Crippen LogP contribution in [0.15, 0.2) is 18.5 Å². The van der Waals surface area contributed by atoms with Crippen LogP contribution in [0.3, 0.4) is 0 Å². The second kappa shape index (κ2) is 4.64. The first kappa shape index (κ1) is 13.5. The van der Waals surface area contributed by atoms with Crippen LogP contribution in [0.5, 0.6) is 0 Å². The van der Waals surface area contributed by atoms with Crippen LogP contribution in [0.4, 0.5) is 0 Å².